The average Bonchev–Trinajstić information content (AvgIpc) is 3.24. The molecule has 24 heavy (non-hydrogen) atoms. The van der Waals surface area contributed by atoms with E-state index < -0.39 is 6.10 Å². The van der Waals surface area contributed by atoms with Crippen molar-refractivity contribution in [2.24, 2.45) is 0 Å². The third-order valence-electron chi connectivity index (χ3n) is 4.10. The molecule has 1 fully saturated rings. The molecule has 1 aromatic carbocycles. The third kappa shape index (κ3) is 3.73. The van der Waals surface area contributed by atoms with Crippen molar-refractivity contribution in [2.75, 3.05) is 20.2 Å². The summed E-state index contributed by atoms with van der Waals surface area (Å²) < 4.78 is 12.6. The molecule has 1 saturated heterocycles. The zero-order valence-electron chi connectivity index (χ0n) is 14.0. The van der Waals surface area contributed by atoms with Gasteiger partial charge in [0, 0.05) is 20.2 Å². The van der Waals surface area contributed by atoms with E-state index in [0.29, 0.717) is 25.4 Å². The number of benzene rings is 1. The number of amides is 1. The number of rotatable bonds is 6. The van der Waals surface area contributed by atoms with Crippen molar-refractivity contribution < 1.29 is 14.3 Å². The number of aromatic nitrogens is 3. The van der Waals surface area contributed by atoms with Crippen molar-refractivity contribution in [3.63, 3.8) is 0 Å². The molecule has 2 heterocycles. The molecule has 2 atom stereocenters. The Labute approximate surface area is 141 Å². The lowest BCUT2D eigenvalue weighted by Gasteiger charge is -2.21. The standard InChI is InChI=1S/C17H22N4O3/c1-13(24-16-6-4-3-5-7-16)17(22)20-9-8-15(11-20)21-10-14(12-23-2)18-19-21/h3-7,10,13,15H,8-9,11-12H2,1-2H3/t13-,15-/m0/s1. The zero-order chi connectivity index (χ0) is 16.9. The van der Waals surface area contributed by atoms with Crippen LogP contribution in [0.25, 0.3) is 0 Å². The van der Waals surface area contributed by atoms with Gasteiger partial charge in [-0.2, -0.15) is 0 Å². The van der Waals surface area contributed by atoms with Gasteiger partial charge in [-0.15, -0.1) is 5.10 Å². The first-order valence-corrected chi connectivity index (χ1v) is 8.07. The van der Waals surface area contributed by atoms with E-state index in [4.69, 9.17) is 9.47 Å². The van der Waals surface area contributed by atoms with Crippen molar-refractivity contribution in [2.45, 2.75) is 32.1 Å². The van der Waals surface area contributed by atoms with Crippen LogP contribution in [0.3, 0.4) is 0 Å². The molecule has 1 aliphatic rings. The van der Waals surface area contributed by atoms with E-state index in [2.05, 4.69) is 10.3 Å². The molecule has 0 unspecified atom stereocenters. The summed E-state index contributed by atoms with van der Waals surface area (Å²) in [5.41, 5.74) is 0.794. The molecular weight excluding hydrogens is 308 g/mol. The van der Waals surface area contributed by atoms with E-state index in [1.54, 1.807) is 14.0 Å². The molecule has 0 spiro atoms. The SMILES string of the molecule is COCc1cn([C@H]2CCN(C(=O)[C@H](C)Oc3ccccc3)C2)nn1. The molecule has 3 rings (SSSR count). The fraction of sp³-hybridized carbons (Fsp3) is 0.471. The Morgan fingerprint density at radius 2 is 2.17 bits per heavy atom. The van der Waals surface area contributed by atoms with Gasteiger partial charge in [0.05, 0.1) is 18.8 Å². The maximum atomic E-state index is 12.6. The van der Waals surface area contributed by atoms with Crippen LogP contribution in [-0.4, -0.2) is 52.1 Å². The quantitative estimate of drug-likeness (QED) is 0.806. The molecule has 1 amide bonds. The Balaban J connectivity index is 1.57. The average molecular weight is 330 g/mol. The van der Waals surface area contributed by atoms with Crippen molar-refractivity contribution in [3.05, 3.63) is 42.2 Å². The minimum Gasteiger partial charge on any atom is -0.481 e. The summed E-state index contributed by atoms with van der Waals surface area (Å²) in [5.74, 6) is 0.702. The lowest BCUT2D eigenvalue weighted by Crippen LogP contribution is -2.39. The molecule has 0 bridgehead atoms. The number of para-hydroxylation sites is 1. The van der Waals surface area contributed by atoms with Gasteiger partial charge in [0.2, 0.25) is 0 Å². The highest BCUT2D eigenvalue weighted by Crippen LogP contribution is 2.22. The molecule has 128 valence electrons. The van der Waals surface area contributed by atoms with Gasteiger partial charge in [0.1, 0.15) is 11.4 Å². The van der Waals surface area contributed by atoms with Crippen LogP contribution in [0.1, 0.15) is 25.1 Å². The van der Waals surface area contributed by atoms with Gasteiger partial charge in [-0.05, 0) is 25.5 Å². The van der Waals surface area contributed by atoms with Crippen LogP contribution in [0.5, 0.6) is 5.75 Å². The summed E-state index contributed by atoms with van der Waals surface area (Å²) in [6.07, 6.45) is 2.23. The van der Waals surface area contributed by atoms with Gasteiger partial charge in [0.15, 0.2) is 6.10 Å². The van der Waals surface area contributed by atoms with Gasteiger partial charge in [-0.3, -0.25) is 4.79 Å². The monoisotopic (exact) mass is 330 g/mol. The third-order valence-corrected chi connectivity index (χ3v) is 4.10. The minimum absolute atomic E-state index is 0.00131. The first-order chi connectivity index (χ1) is 11.7. The summed E-state index contributed by atoms with van der Waals surface area (Å²) in [6.45, 7) is 3.55. The molecule has 0 radical (unpaired) electrons. The lowest BCUT2D eigenvalue weighted by atomic mass is 10.3. The summed E-state index contributed by atoms with van der Waals surface area (Å²) in [7, 11) is 1.63. The number of hydrogen-bond donors (Lipinski definition) is 0. The first kappa shape index (κ1) is 16.4. The fourth-order valence-electron chi connectivity index (χ4n) is 2.87. The molecule has 7 heteroatoms. The number of ether oxygens (including phenoxy) is 2. The summed E-state index contributed by atoms with van der Waals surface area (Å²) in [6, 6.07) is 9.55. The maximum Gasteiger partial charge on any atom is 0.263 e. The number of likely N-dealkylation sites (tertiary alicyclic amines) is 1. The van der Waals surface area contributed by atoms with Crippen LogP contribution in [-0.2, 0) is 16.1 Å². The largest absolute Gasteiger partial charge is 0.481 e. The topological polar surface area (TPSA) is 69.5 Å². The highest BCUT2D eigenvalue weighted by Gasteiger charge is 2.31. The molecule has 0 saturated carbocycles. The number of nitrogens with zero attached hydrogens (tertiary/aromatic N) is 4. The molecule has 1 aromatic heterocycles. The number of hydrogen-bond acceptors (Lipinski definition) is 5. The van der Waals surface area contributed by atoms with Gasteiger partial charge < -0.3 is 14.4 Å². The van der Waals surface area contributed by atoms with Crippen LogP contribution in [0.4, 0.5) is 0 Å². The number of carbonyl (C=O) groups is 1. The second-order valence-corrected chi connectivity index (χ2v) is 5.92. The van der Waals surface area contributed by atoms with E-state index in [9.17, 15) is 4.79 Å². The Hall–Kier alpha value is -2.41. The van der Waals surface area contributed by atoms with Crippen LogP contribution < -0.4 is 4.74 Å². The van der Waals surface area contributed by atoms with Gasteiger partial charge in [0.25, 0.3) is 5.91 Å². The van der Waals surface area contributed by atoms with Crippen LogP contribution >= 0.6 is 0 Å². The first-order valence-electron chi connectivity index (χ1n) is 8.07. The number of methoxy groups -OCH3 is 1. The van der Waals surface area contributed by atoms with Gasteiger partial charge in [-0.25, -0.2) is 4.68 Å². The molecule has 0 N–H and O–H groups in total. The Morgan fingerprint density at radius 1 is 1.38 bits per heavy atom. The summed E-state index contributed by atoms with van der Waals surface area (Å²) in [4.78, 5) is 14.4. The van der Waals surface area contributed by atoms with E-state index in [-0.39, 0.29) is 11.9 Å². The van der Waals surface area contributed by atoms with E-state index in [1.807, 2.05) is 46.1 Å². The van der Waals surface area contributed by atoms with Crippen molar-refractivity contribution in [1.82, 2.24) is 19.9 Å². The Kier molecular flexibility index (Phi) is 5.10. The predicted octanol–water partition coefficient (Wildman–Crippen LogP) is 1.67. The van der Waals surface area contributed by atoms with Crippen LogP contribution in [0.15, 0.2) is 36.5 Å². The molecule has 2 aromatic rings. The van der Waals surface area contributed by atoms with E-state index in [1.165, 1.54) is 0 Å². The predicted molar refractivity (Wildman–Crippen MR) is 87.5 cm³/mol. The second-order valence-electron chi connectivity index (χ2n) is 5.92. The highest BCUT2D eigenvalue weighted by molar-refractivity contribution is 5.81. The van der Waals surface area contributed by atoms with Gasteiger partial charge >= 0.3 is 0 Å². The Bertz CT molecular complexity index is 673. The molecule has 1 aliphatic heterocycles. The van der Waals surface area contributed by atoms with Crippen molar-refractivity contribution in [3.8, 4) is 5.75 Å². The molecule has 0 aliphatic carbocycles. The second kappa shape index (κ2) is 7.44. The zero-order valence-corrected chi connectivity index (χ0v) is 14.0. The number of carbonyl (C=O) groups excluding carboxylic acids is 1. The normalized spacial score (nSPS) is 18.6. The summed E-state index contributed by atoms with van der Waals surface area (Å²) in [5, 5.41) is 8.21. The van der Waals surface area contributed by atoms with Crippen LogP contribution in [0, 0.1) is 0 Å². The van der Waals surface area contributed by atoms with E-state index >= 15 is 0 Å². The highest BCUT2D eigenvalue weighted by atomic mass is 16.5. The smallest absolute Gasteiger partial charge is 0.263 e. The maximum absolute atomic E-state index is 12.6. The van der Waals surface area contributed by atoms with E-state index in [0.717, 1.165) is 12.1 Å². The fourth-order valence-corrected chi connectivity index (χ4v) is 2.87. The Morgan fingerprint density at radius 3 is 2.92 bits per heavy atom. The van der Waals surface area contributed by atoms with Gasteiger partial charge in [-0.1, -0.05) is 23.4 Å². The van der Waals surface area contributed by atoms with Crippen molar-refractivity contribution >= 4 is 5.91 Å². The van der Waals surface area contributed by atoms with Crippen LogP contribution in [0.2, 0.25) is 0 Å². The molecular formula is C17H22N4O3. The lowest BCUT2D eigenvalue weighted by molar-refractivity contribution is -0.136. The van der Waals surface area contributed by atoms with Crippen molar-refractivity contribution in [1.29, 1.82) is 0 Å². The summed E-state index contributed by atoms with van der Waals surface area (Å²) >= 11 is 0. The minimum atomic E-state index is -0.508. The molecule has 7 nitrogen and oxygen atoms in total.